The third-order valence-electron chi connectivity index (χ3n) is 7.32. The second-order valence-corrected chi connectivity index (χ2v) is 13.5. The standard InChI is InChI=1S/C26H26N6O5S3/c1-16(33)31-10-9-26(14-31)15-32(25(34)30-24-28-20-6-8-22(37-2)29-23(20)39-24)21-7-5-18(12-19(21)26)40(35,36)27-13-17-4-3-11-38-17/h3-8,11-12,27H,9-10,13-15H2,1-2H3,(H,28,30,34). The molecule has 1 saturated heterocycles. The number of hydrogen-bond acceptors (Lipinski definition) is 9. The number of hydrogen-bond donors (Lipinski definition) is 2. The Morgan fingerprint density at radius 1 is 1.15 bits per heavy atom. The molecule has 4 aromatic rings. The van der Waals surface area contributed by atoms with Crippen LogP contribution in [0.25, 0.3) is 10.3 Å². The van der Waals surface area contributed by atoms with Gasteiger partial charge in [-0.05, 0) is 47.7 Å². The average Bonchev–Trinajstić information content (AvgIpc) is 3.73. The van der Waals surface area contributed by atoms with Crippen LogP contribution in [0, 0.1) is 0 Å². The molecule has 2 aliphatic heterocycles. The number of sulfonamides is 1. The second kappa shape index (κ2) is 10.1. The van der Waals surface area contributed by atoms with E-state index in [0.29, 0.717) is 53.1 Å². The Bertz CT molecular complexity index is 1720. The first kappa shape index (κ1) is 26.6. The topological polar surface area (TPSA) is 134 Å². The van der Waals surface area contributed by atoms with Crippen LogP contribution in [0.2, 0.25) is 0 Å². The van der Waals surface area contributed by atoms with Crippen molar-refractivity contribution in [3.8, 4) is 5.88 Å². The van der Waals surface area contributed by atoms with Gasteiger partial charge in [-0.3, -0.25) is 15.0 Å². The van der Waals surface area contributed by atoms with Gasteiger partial charge in [0.25, 0.3) is 0 Å². The maximum absolute atomic E-state index is 13.6. The van der Waals surface area contributed by atoms with Crippen LogP contribution in [0.1, 0.15) is 23.8 Å². The van der Waals surface area contributed by atoms with Gasteiger partial charge in [-0.2, -0.15) is 0 Å². The molecule has 3 aromatic heterocycles. The largest absolute Gasteiger partial charge is 0.481 e. The molecule has 40 heavy (non-hydrogen) atoms. The maximum atomic E-state index is 13.6. The van der Waals surface area contributed by atoms with Crippen LogP contribution >= 0.6 is 22.7 Å². The van der Waals surface area contributed by atoms with Gasteiger partial charge in [-0.1, -0.05) is 17.4 Å². The van der Waals surface area contributed by atoms with E-state index in [-0.39, 0.29) is 17.3 Å². The lowest BCUT2D eigenvalue weighted by molar-refractivity contribution is -0.127. The monoisotopic (exact) mass is 598 g/mol. The van der Waals surface area contributed by atoms with Gasteiger partial charge < -0.3 is 9.64 Å². The molecule has 1 spiro atoms. The van der Waals surface area contributed by atoms with Gasteiger partial charge in [-0.15, -0.1) is 11.3 Å². The fourth-order valence-corrected chi connectivity index (χ4v) is 7.86. The molecule has 0 saturated carbocycles. The van der Waals surface area contributed by atoms with Crippen LogP contribution in [-0.4, -0.2) is 62.0 Å². The van der Waals surface area contributed by atoms with Gasteiger partial charge in [0.2, 0.25) is 21.8 Å². The van der Waals surface area contributed by atoms with E-state index in [9.17, 15) is 18.0 Å². The summed E-state index contributed by atoms with van der Waals surface area (Å²) in [6.45, 7) is 2.95. The minimum atomic E-state index is -3.81. The Morgan fingerprint density at radius 2 is 2.00 bits per heavy atom. The number of amides is 3. The molecule has 1 aromatic carbocycles. The highest BCUT2D eigenvalue weighted by molar-refractivity contribution is 7.89. The second-order valence-electron chi connectivity index (χ2n) is 9.77. The number of benzene rings is 1. The predicted molar refractivity (Wildman–Crippen MR) is 154 cm³/mol. The van der Waals surface area contributed by atoms with Crippen molar-refractivity contribution in [2.24, 2.45) is 0 Å². The minimum Gasteiger partial charge on any atom is -0.481 e. The van der Waals surface area contributed by atoms with E-state index >= 15 is 0 Å². The van der Waals surface area contributed by atoms with Gasteiger partial charge in [0, 0.05) is 55.1 Å². The number of ether oxygens (including phenoxy) is 1. The summed E-state index contributed by atoms with van der Waals surface area (Å²) in [6.07, 6.45) is 0.611. The smallest absolute Gasteiger partial charge is 0.328 e. The lowest BCUT2D eigenvalue weighted by Crippen LogP contribution is -2.41. The van der Waals surface area contributed by atoms with Crippen molar-refractivity contribution in [1.29, 1.82) is 0 Å². The summed E-state index contributed by atoms with van der Waals surface area (Å²) < 4.78 is 34.3. The van der Waals surface area contributed by atoms with Crippen molar-refractivity contribution in [1.82, 2.24) is 19.6 Å². The number of aromatic nitrogens is 2. The van der Waals surface area contributed by atoms with E-state index in [0.717, 1.165) is 10.4 Å². The maximum Gasteiger partial charge on any atom is 0.328 e. The molecule has 208 valence electrons. The molecule has 0 radical (unpaired) electrons. The van der Waals surface area contributed by atoms with Crippen molar-refractivity contribution >= 4 is 65.8 Å². The number of carbonyl (C=O) groups is 2. The Labute approximate surface area is 238 Å². The van der Waals surface area contributed by atoms with Crippen molar-refractivity contribution in [3.63, 3.8) is 0 Å². The van der Waals surface area contributed by atoms with Crippen LogP contribution in [-0.2, 0) is 26.8 Å². The fourth-order valence-electron chi connectivity index (χ4n) is 5.28. The number of pyridine rings is 1. The van der Waals surface area contributed by atoms with Gasteiger partial charge in [0.1, 0.15) is 10.3 Å². The van der Waals surface area contributed by atoms with Crippen molar-refractivity contribution in [2.45, 2.75) is 30.2 Å². The number of urea groups is 1. The summed E-state index contributed by atoms with van der Waals surface area (Å²) in [4.78, 5) is 39.6. The number of thiophene rings is 1. The molecule has 5 heterocycles. The summed E-state index contributed by atoms with van der Waals surface area (Å²) >= 11 is 2.71. The number of thiazole rings is 1. The average molecular weight is 599 g/mol. The first-order valence-corrected chi connectivity index (χ1v) is 15.7. The Balaban J connectivity index is 1.31. The number of carbonyl (C=O) groups excluding carboxylic acids is 2. The summed E-state index contributed by atoms with van der Waals surface area (Å²) in [5.41, 5.74) is 1.40. The Hall–Kier alpha value is -3.59. The van der Waals surface area contributed by atoms with Crippen molar-refractivity contribution < 1.29 is 22.7 Å². The van der Waals surface area contributed by atoms with Gasteiger partial charge in [0.05, 0.1) is 12.0 Å². The van der Waals surface area contributed by atoms with Crippen molar-refractivity contribution in [3.05, 3.63) is 58.3 Å². The molecular formula is C26H26N6O5S3. The number of likely N-dealkylation sites (tertiary alicyclic amines) is 1. The van der Waals surface area contributed by atoms with E-state index in [1.807, 2.05) is 17.5 Å². The molecule has 0 bridgehead atoms. The molecule has 14 heteroatoms. The molecule has 2 aliphatic rings. The zero-order valence-electron chi connectivity index (χ0n) is 21.7. The fraction of sp³-hybridized carbons (Fsp3) is 0.308. The van der Waals surface area contributed by atoms with Crippen LogP contribution in [0.3, 0.4) is 0 Å². The molecule has 1 unspecified atom stereocenters. The van der Waals surface area contributed by atoms with Gasteiger partial charge in [-0.25, -0.2) is 27.9 Å². The predicted octanol–water partition coefficient (Wildman–Crippen LogP) is 3.78. The van der Waals surface area contributed by atoms with Crippen LogP contribution in [0.4, 0.5) is 15.6 Å². The van der Waals surface area contributed by atoms with E-state index in [4.69, 9.17) is 4.74 Å². The number of rotatable bonds is 6. The number of nitrogens with zero attached hydrogens (tertiary/aromatic N) is 4. The zero-order valence-corrected chi connectivity index (χ0v) is 24.2. The summed E-state index contributed by atoms with van der Waals surface area (Å²) in [5, 5.41) is 5.16. The van der Waals surface area contributed by atoms with Crippen LogP contribution < -0.4 is 19.7 Å². The number of methoxy groups -OCH3 is 1. The highest BCUT2D eigenvalue weighted by Crippen LogP contribution is 2.47. The first-order chi connectivity index (χ1) is 19.2. The number of fused-ring (bicyclic) bond motifs is 3. The van der Waals surface area contributed by atoms with Gasteiger partial charge in [0.15, 0.2) is 5.13 Å². The summed E-state index contributed by atoms with van der Waals surface area (Å²) in [6, 6.07) is 11.7. The highest BCUT2D eigenvalue weighted by atomic mass is 32.2. The Morgan fingerprint density at radius 3 is 2.73 bits per heavy atom. The number of nitrogens with one attached hydrogen (secondary N) is 2. The molecular weight excluding hydrogens is 573 g/mol. The third kappa shape index (κ3) is 4.80. The van der Waals surface area contributed by atoms with E-state index in [2.05, 4.69) is 20.0 Å². The molecule has 2 N–H and O–H groups in total. The molecule has 0 aliphatic carbocycles. The lowest BCUT2D eigenvalue weighted by Gasteiger charge is -2.25. The summed E-state index contributed by atoms with van der Waals surface area (Å²) in [7, 11) is -2.28. The molecule has 11 nitrogen and oxygen atoms in total. The normalized spacial score (nSPS) is 18.4. The highest BCUT2D eigenvalue weighted by Gasteiger charge is 2.50. The molecule has 6 rings (SSSR count). The van der Waals surface area contributed by atoms with Crippen molar-refractivity contribution in [2.75, 3.05) is 37.0 Å². The summed E-state index contributed by atoms with van der Waals surface area (Å²) in [5.74, 6) is 0.399. The third-order valence-corrected chi connectivity index (χ3v) is 10.5. The Kier molecular flexibility index (Phi) is 6.73. The minimum absolute atomic E-state index is 0.0554. The molecule has 3 amide bonds. The zero-order chi connectivity index (χ0) is 28.1. The van der Waals surface area contributed by atoms with E-state index in [1.165, 1.54) is 42.8 Å². The number of anilines is 2. The van der Waals surface area contributed by atoms with Crippen LogP contribution in [0.15, 0.2) is 52.7 Å². The molecule has 1 fully saturated rings. The molecule has 1 atom stereocenters. The SMILES string of the molecule is COc1ccc2nc(NC(=O)N3CC4(CCN(C(C)=O)C4)c4cc(S(=O)(=O)NCc5cccs5)ccc43)sc2n1. The van der Waals surface area contributed by atoms with Gasteiger partial charge >= 0.3 is 6.03 Å². The quantitative estimate of drug-likeness (QED) is 0.345. The lowest BCUT2D eigenvalue weighted by atomic mass is 9.81. The van der Waals surface area contributed by atoms with E-state index in [1.54, 1.807) is 34.1 Å². The van der Waals surface area contributed by atoms with Crippen LogP contribution in [0.5, 0.6) is 5.88 Å². The first-order valence-electron chi connectivity index (χ1n) is 12.5. The van der Waals surface area contributed by atoms with E-state index < -0.39 is 21.5 Å².